The molecule has 0 aliphatic carbocycles. The summed E-state index contributed by atoms with van der Waals surface area (Å²) in [5, 5.41) is 3.05. The molecule has 1 aromatic carbocycles. The number of aromatic nitrogens is 1. The van der Waals surface area contributed by atoms with Crippen LogP contribution < -0.4 is 5.32 Å². The van der Waals surface area contributed by atoms with Crippen molar-refractivity contribution in [1.29, 1.82) is 0 Å². The van der Waals surface area contributed by atoms with Crippen LogP contribution in [0.25, 0.3) is 10.2 Å². The third-order valence-electron chi connectivity index (χ3n) is 2.21. The summed E-state index contributed by atoms with van der Waals surface area (Å²) in [6, 6.07) is 8.08. The number of rotatable bonds is 2. The van der Waals surface area contributed by atoms with Crippen LogP contribution in [0.15, 0.2) is 28.6 Å². The molecule has 1 amide bonds. The minimum absolute atomic E-state index is 0.133. The van der Waals surface area contributed by atoms with Crippen molar-refractivity contribution in [2.24, 2.45) is 0 Å². The molecule has 0 spiro atoms. The van der Waals surface area contributed by atoms with Crippen molar-refractivity contribution in [3.8, 4) is 0 Å². The fraction of sp³-hybridized carbons (Fsp3) is 0.200. The Morgan fingerprint density at radius 2 is 2.27 bits per heavy atom. The van der Waals surface area contributed by atoms with E-state index in [1.165, 1.54) is 4.70 Å². The first-order chi connectivity index (χ1) is 7.31. The standard InChI is InChI=1S/C10H8N2OS2/c13-8-5-9(12-8)15-10-11-6-3-1-2-4-7(6)14-10/h1-4,9H,5H2,(H,12,13). The van der Waals surface area contributed by atoms with E-state index in [1.807, 2.05) is 18.2 Å². The fourth-order valence-corrected chi connectivity index (χ4v) is 3.75. The van der Waals surface area contributed by atoms with Gasteiger partial charge in [-0.1, -0.05) is 23.9 Å². The van der Waals surface area contributed by atoms with Crippen molar-refractivity contribution >= 4 is 39.2 Å². The minimum atomic E-state index is 0.133. The quantitative estimate of drug-likeness (QED) is 0.813. The van der Waals surface area contributed by atoms with E-state index in [2.05, 4.69) is 16.4 Å². The van der Waals surface area contributed by atoms with E-state index in [9.17, 15) is 4.79 Å². The summed E-state index contributed by atoms with van der Waals surface area (Å²) >= 11 is 3.31. The van der Waals surface area contributed by atoms with Crippen LogP contribution in [0.2, 0.25) is 0 Å². The molecule has 1 aromatic heterocycles. The molecular formula is C10H8N2OS2. The molecule has 1 fully saturated rings. The maximum absolute atomic E-state index is 10.7. The monoisotopic (exact) mass is 236 g/mol. The summed E-state index contributed by atoms with van der Waals surface area (Å²) in [6.07, 6.45) is 0.612. The Bertz CT molecular complexity index is 482. The average Bonchev–Trinajstić information content (AvgIpc) is 2.57. The molecular weight excluding hydrogens is 228 g/mol. The second-order valence-electron chi connectivity index (χ2n) is 3.33. The largest absolute Gasteiger partial charge is 0.343 e. The lowest BCUT2D eigenvalue weighted by molar-refractivity contribution is -0.126. The molecule has 0 bridgehead atoms. The van der Waals surface area contributed by atoms with Crippen molar-refractivity contribution in [3.63, 3.8) is 0 Å². The van der Waals surface area contributed by atoms with E-state index < -0.39 is 0 Å². The highest BCUT2D eigenvalue weighted by Gasteiger charge is 2.27. The van der Waals surface area contributed by atoms with Gasteiger partial charge in [-0.15, -0.1) is 11.3 Å². The average molecular weight is 236 g/mol. The molecule has 76 valence electrons. The maximum Gasteiger partial charge on any atom is 0.223 e. The van der Waals surface area contributed by atoms with Crippen LogP contribution in [0.3, 0.4) is 0 Å². The Labute approximate surface area is 94.9 Å². The molecule has 15 heavy (non-hydrogen) atoms. The topological polar surface area (TPSA) is 42.0 Å². The predicted molar refractivity (Wildman–Crippen MR) is 62.0 cm³/mol. The van der Waals surface area contributed by atoms with Crippen molar-refractivity contribution in [3.05, 3.63) is 24.3 Å². The number of thiazole rings is 1. The van der Waals surface area contributed by atoms with Gasteiger partial charge in [-0.3, -0.25) is 4.79 Å². The van der Waals surface area contributed by atoms with Crippen LogP contribution in [-0.2, 0) is 4.79 Å². The Hall–Kier alpha value is -1.07. The molecule has 2 heterocycles. The van der Waals surface area contributed by atoms with Crippen molar-refractivity contribution in [2.75, 3.05) is 0 Å². The SMILES string of the molecule is O=C1CC(Sc2nc3ccccc3s2)N1. The Morgan fingerprint density at radius 1 is 1.47 bits per heavy atom. The van der Waals surface area contributed by atoms with Crippen molar-refractivity contribution in [1.82, 2.24) is 10.3 Å². The number of nitrogens with zero attached hydrogens (tertiary/aromatic N) is 1. The highest BCUT2D eigenvalue weighted by Crippen LogP contribution is 2.33. The molecule has 1 atom stereocenters. The van der Waals surface area contributed by atoms with Gasteiger partial charge in [0.2, 0.25) is 5.91 Å². The maximum atomic E-state index is 10.7. The summed E-state index contributed by atoms with van der Waals surface area (Å²) in [4.78, 5) is 15.2. The van der Waals surface area contributed by atoms with E-state index in [0.717, 1.165) is 9.86 Å². The number of hydrogen-bond donors (Lipinski definition) is 1. The second-order valence-corrected chi connectivity index (χ2v) is 5.81. The molecule has 2 aromatic rings. The van der Waals surface area contributed by atoms with Crippen LogP contribution in [0.1, 0.15) is 6.42 Å². The molecule has 1 N–H and O–H groups in total. The van der Waals surface area contributed by atoms with Crippen molar-refractivity contribution in [2.45, 2.75) is 16.1 Å². The highest BCUT2D eigenvalue weighted by molar-refractivity contribution is 8.01. The zero-order valence-electron chi connectivity index (χ0n) is 7.77. The lowest BCUT2D eigenvalue weighted by Crippen LogP contribution is -2.46. The summed E-state index contributed by atoms with van der Waals surface area (Å²) in [7, 11) is 0. The van der Waals surface area contributed by atoms with Crippen LogP contribution in [0.4, 0.5) is 0 Å². The molecule has 1 unspecified atom stereocenters. The van der Waals surface area contributed by atoms with Crippen LogP contribution >= 0.6 is 23.1 Å². The summed E-state index contributed by atoms with van der Waals surface area (Å²) in [5.41, 5.74) is 1.04. The second kappa shape index (κ2) is 3.50. The molecule has 5 heteroatoms. The zero-order chi connectivity index (χ0) is 10.3. The van der Waals surface area contributed by atoms with Gasteiger partial charge in [0.15, 0.2) is 4.34 Å². The Balaban J connectivity index is 1.83. The third kappa shape index (κ3) is 1.72. The third-order valence-corrected chi connectivity index (χ3v) is 4.44. The molecule has 3 rings (SSSR count). The Morgan fingerprint density at radius 3 is 3.00 bits per heavy atom. The van der Waals surface area contributed by atoms with E-state index in [0.29, 0.717) is 6.42 Å². The summed E-state index contributed by atoms with van der Waals surface area (Å²) in [6.45, 7) is 0. The molecule has 1 aliphatic rings. The molecule has 0 saturated carbocycles. The van der Waals surface area contributed by atoms with E-state index in [-0.39, 0.29) is 11.3 Å². The zero-order valence-corrected chi connectivity index (χ0v) is 9.40. The molecule has 1 aliphatic heterocycles. The number of para-hydroxylation sites is 1. The van der Waals surface area contributed by atoms with Gasteiger partial charge in [-0.05, 0) is 12.1 Å². The predicted octanol–water partition coefficient (Wildman–Crippen LogP) is 2.23. The van der Waals surface area contributed by atoms with E-state index in [4.69, 9.17) is 0 Å². The number of hydrogen-bond acceptors (Lipinski definition) is 4. The highest BCUT2D eigenvalue weighted by atomic mass is 32.2. The number of β-lactam (4-membered cyclic amide) rings is 1. The van der Waals surface area contributed by atoms with Gasteiger partial charge in [-0.25, -0.2) is 4.98 Å². The first kappa shape index (κ1) is 9.18. The lowest BCUT2D eigenvalue weighted by Gasteiger charge is -2.24. The van der Waals surface area contributed by atoms with Gasteiger partial charge in [0.05, 0.1) is 22.0 Å². The number of nitrogens with one attached hydrogen (secondary N) is 1. The number of benzene rings is 1. The molecule has 0 radical (unpaired) electrons. The van der Waals surface area contributed by atoms with Gasteiger partial charge >= 0.3 is 0 Å². The molecule has 3 nitrogen and oxygen atoms in total. The minimum Gasteiger partial charge on any atom is -0.343 e. The summed E-state index contributed by atoms with van der Waals surface area (Å²) < 4.78 is 2.23. The number of carbonyl (C=O) groups excluding carboxylic acids is 1. The fourth-order valence-electron chi connectivity index (χ4n) is 1.42. The van der Waals surface area contributed by atoms with Crippen LogP contribution in [-0.4, -0.2) is 16.3 Å². The van der Waals surface area contributed by atoms with Crippen LogP contribution in [0, 0.1) is 0 Å². The first-order valence-electron chi connectivity index (χ1n) is 4.63. The van der Waals surface area contributed by atoms with Gasteiger partial charge < -0.3 is 5.32 Å². The number of thioether (sulfide) groups is 1. The van der Waals surface area contributed by atoms with Gasteiger partial charge in [0.25, 0.3) is 0 Å². The van der Waals surface area contributed by atoms with Gasteiger partial charge in [-0.2, -0.15) is 0 Å². The summed E-state index contributed by atoms with van der Waals surface area (Å²) in [5.74, 6) is 0.133. The van der Waals surface area contributed by atoms with Crippen LogP contribution in [0.5, 0.6) is 0 Å². The number of amides is 1. The van der Waals surface area contributed by atoms with E-state index >= 15 is 0 Å². The van der Waals surface area contributed by atoms with Gasteiger partial charge in [0.1, 0.15) is 0 Å². The molecule has 1 saturated heterocycles. The lowest BCUT2D eigenvalue weighted by atomic mass is 10.3. The number of fused-ring (bicyclic) bond motifs is 1. The van der Waals surface area contributed by atoms with Crippen molar-refractivity contribution < 1.29 is 4.79 Å². The normalized spacial score (nSPS) is 20.0. The number of carbonyl (C=O) groups is 1. The van der Waals surface area contributed by atoms with E-state index in [1.54, 1.807) is 23.1 Å². The Kier molecular flexibility index (Phi) is 2.14. The first-order valence-corrected chi connectivity index (χ1v) is 6.32. The smallest absolute Gasteiger partial charge is 0.223 e. The van der Waals surface area contributed by atoms with Gasteiger partial charge in [0, 0.05) is 0 Å².